The van der Waals surface area contributed by atoms with E-state index in [0.29, 0.717) is 5.96 Å². The number of hydrogen-bond donors (Lipinski definition) is 1. The van der Waals surface area contributed by atoms with Gasteiger partial charge in [-0.3, -0.25) is 9.69 Å². The van der Waals surface area contributed by atoms with Crippen molar-refractivity contribution in [2.75, 3.05) is 7.11 Å². The second-order valence-corrected chi connectivity index (χ2v) is 10.7. The lowest BCUT2D eigenvalue weighted by atomic mass is 9.61. The van der Waals surface area contributed by atoms with Crippen molar-refractivity contribution in [3.05, 3.63) is 34.9 Å². The van der Waals surface area contributed by atoms with Gasteiger partial charge in [-0.2, -0.15) is 0 Å². The van der Waals surface area contributed by atoms with Gasteiger partial charge in [0, 0.05) is 18.6 Å². The molecule has 4 aliphatic rings. The van der Waals surface area contributed by atoms with Gasteiger partial charge in [0.05, 0.1) is 6.10 Å². The molecule has 31 heavy (non-hydrogen) atoms. The Morgan fingerprint density at radius 2 is 1.97 bits per heavy atom. The molecular formula is C26H37N3O2. The first-order chi connectivity index (χ1) is 14.9. The monoisotopic (exact) mass is 423 g/mol. The lowest BCUT2D eigenvalue weighted by Crippen LogP contribution is -2.53. The van der Waals surface area contributed by atoms with Gasteiger partial charge >= 0.3 is 0 Å². The van der Waals surface area contributed by atoms with E-state index in [-0.39, 0.29) is 23.5 Å². The summed E-state index contributed by atoms with van der Waals surface area (Å²) in [6.07, 6.45) is 11.5. The maximum Gasteiger partial charge on any atom is 0.262 e. The summed E-state index contributed by atoms with van der Waals surface area (Å²) in [6, 6.07) is 6.89. The van der Waals surface area contributed by atoms with E-state index in [1.54, 1.807) is 12.0 Å². The molecule has 1 aliphatic heterocycles. The highest BCUT2D eigenvalue weighted by molar-refractivity contribution is 6.08. The molecule has 0 radical (unpaired) electrons. The number of hydrogen-bond acceptors (Lipinski definition) is 4. The van der Waals surface area contributed by atoms with E-state index in [1.165, 1.54) is 36.8 Å². The summed E-state index contributed by atoms with van der Waals surface area (Å²) in [5, 5.41) is 0. The summed E-state index contributed by atoms with van der Waals surface area (Å²) in [5.41, 5.74) is 9.13. The molecule has 0 aromatic heterocycles. The summed E-state index contributed by atoms with van der Waals surface area (Å²) in [7, 11) is 1.80. The molecule has 3 aliphatic carbocycles. The first-order valence-electron chi connectivity index (χ1n) is 12.2. The number of ether oxygens (including phenoxy) is 1. The molecular weight excluding hydrogens is 386 g/mol. The fourth-order valence-corrected chi connectivity index (χ4v) is 6.69. The van der Waals surface area contributed by atoms with Crippen molar-refractivity contribution in [1.29, 1.82) is 0 Å². The Bertz CT molecular complexity index is 896. The van der Waals surface area contributed by atoms with Gasteiger partial charge in [-0.1, -0.05) is 37.5 Å². The highest BCUT2D eigenvalue weighted by Crippen LogP contribution is 2.62. The van der Waals surface area contributed by atoms with Crippen molar-refractivity contribution in [2.24, 2.45) is 22.1 Å². The Balaban J connectivity index is 1.56. The fraction of sp³-hybridized carbons (Fsp3) is 0.692. The third-order valence-corrected chi connectivity index (χ3v) is 8.72. The predicted molar refractivity (Wildman–Crippen MR) is 123 cm³/mol. The lowest BCUT2D eigenvalue weighted by Gasteiger charge is -2.45. The SMILES string of the molecule is CO[C@H]1CC[C@]2(CC1)Cc1ccc(CCC3CCC3)cc1C21N=C(N)N(C(C)C)C1=O. The molecule has 168 valence electrons. The molecule has 1 amide bonds. The third kappa shape index (κ3) is 3.06. The van der Waals surface area contributed by atoms with Gasteiger partial charge in [0.15, 0.2) is 11.5 Å². The van der Waals surface area contributed by atoms with Gasteiger partial charge in [-0.15, -0.1) is 0 Å². The van der Waals surface area contributed by atoms with Crippen LogP contribution < -0.4 is 5.73 Å². The second-order valence-electron chi connectivity index (χ2n) is 10.7. The van der Waals surface area contributed by atoms with Gasteiger partial charge in [-0.25, -0.2) is 4.99 Å². The first kappa shape index (κ1) is 21.0. The van der Waals surface area contributed by atoms with Crippen LogP contribution in [-0.4, -0.2) is 36.0 Å². The highest BCUT2D eigenvalue weighted by atomic mass is 16.5. The van der Waals surface area contributed by atoms with Crippen molar-refractivity contribution >= 4 is 11.9 Å². The van der Waals surface area contributed by atoms with E-state index in [2.05, 4.69) is 18.2 Å². The molecule has 1 unspecified atom stereocenters. The molecule has 5 rings (SSSR count). The Labute approximate surface area is 186 Å². The number of carbonyl (C=O) groups is 1. The number of methoxy groups -OCH3 is 1. The Morgan fingerprint density at radius 1 is 1.23 bits per heavy atom. The molecule has 1 aromatic rings. The highest BCUT2D eigenvalue weighted by Gasteiger charge is 2.66. The number of benzene rings is 1. The van der Waals surface area contributed by atoms with Gasteiger partial charge in [0.2, 0.25) is 0 Å². The van der Waals surface area contributed by atoms with Gasteiger partial charge in [0.25, 0.3) is 5.91 Å². The number of nitrogens with zero attached hydrogens (tertiary/aromatic N) is 2. The van der Waals surface area contributed by atoms with Crippen LogP contribution >= 0.6 is 0 Å². The normalized spacial score (nSPS) is 32.8. The topological polar surface area (TPSA) is 67.9 Å². The molecule has 5 heteroatoms. The maximum atomic E-state index is 14.1. The predicted octanol–water partition coefficient (Wildman–Crippen LogP) is 4.31. The molecule has 2 spiro atoms. The molecule has 5 nitrogen and oxygen atoms in total. The van der Waals surface area contributed by atoms with Crippen molar-refractivity contribution < 1.29 is 9.53 Å². The number of fused-ring (bicyclic) bond motifs is 3. The van der Waals surface area contributed by atoms with E-state index < -0.39 is 5.54 Å². The molecule has 1 atom stereocenters. The molecule has 2 fully saturated rings. The van der Waals surface area contributed by atoms with Gasteiger partial charge < -0.3 is 10.5 Å². The number of aryl methyl sites for hydroxylation is 1. The van der Waals surface area contributed by atoms with E-state index in [4.69, 9.17) is 15.5 Å². The zero-order valence-electron chi connectivity index (χ0n) is 19.3. The summed E-state index contributed by atoms with van der Waals surface area (Å²) in [5.74, 6) is 1.36. The standard InChI is InChI=1S/C26H37N3O2/c1-17(2)29-23(30)26(28-24(29)27)22-15-19(8-7-18-5-4-6-18)9-10-20(22)16-25(26)13-11-21(31-3)12-14-25/h9-10,15,17-18,21H,4-8,11-14,16H2,1-3H3,(H2,27,28)/t21-,25-,26?. The second kappa shape index (κ2) is 7.61. The first-order valence-corrected chi connectivity index (χ1v) is 12.2. The van der Waals surface area contributed by atoms with E-state index in [0.717, 1.165) is 50.0 Å². The summed E-state index contributed by atoms with van der Waals surface area (Å²) >= 11 is 0. The number of amides is 1. The number of aliphatic imine (C=N–C) groups is 1. The molecule has 0 saturated heterocycles. The minimum Gasteiger partial charge on any atom is -0.381 e. The van der Waals surface area contributed by atoms with E-state index >= 15 is 0 Å². The molecule has 2 N–H and O–H groups in total. The van der Waals surface area contributed by atoms with Crippen LogP contribution in [0.2, 0.25) is 0 Å². The summed E-state index contributed by atoms with van der Waals surface area (Å²) < 4.78 is 5.66. The Morgan fingerprint density at radius 3 is 2.55 bits per heavy atom. The molecule has 1 aromatic carbocycles. The molecule has 1 heterocycles. The van der Waals surface area contributed by atoms with Crippen LogP contribution in [0.15, 0.2) is 23.2 Å². The van der Waals surface area contributed by atoms with Gasteiger partial charge in [0.1, 0.15) is 0 Å². The number of rotatable bonds is 5. The van der Waals surface area contributed by atoms with E-state index in [1.807, 2.05) is 13.8 Å². The maximum absolute atomic E-state index is 14.1. The zero-order valence-corrected chi connectivity index (χ0v) is 19.3. The summed E-state index contributed by atoms with van der Waals surface area (Å²) in [6.45, 7) is 4.05. The lowest BCUT2D eigenvalue weighted by molar-refractivity contribution is -0.139. The van der Waals surface area contributed by atoms with Crippen molar-refractivity contribution in [3.63, 3.8) is 0 Å². The average Bonchev–Trinajstić information content (AvgIpc) is 3.13. The number of carbonyl (C=O) groups excluding carboxylic acids is 1. The van der Waals surface area contributed by atoms with Crippen LogP contribution in [0.1, 0.15) is 81.9 Å². The van der Waals surface area contributed by atoms with Crippen LogP contribution in [0.4, 0.5) is 0 Å². The minimum atomic E-state index is -0.859. The average molecular weight is 424 g/mol. The number of nitrogens with two attached hydrogens (primary N) is 1. The quantitative estimate of drug-likeness (QED) is 0.767. The van der Waals surface area contributed by atoms with E-state index in [9.17, 15) is 4.79 Å². The number of guanidine groups is 1. The largest absolute Gasteiger partial charge is 0.381 e. The Kier molecular flexibility index (Phi) is 5.16. The van der Waals surface area contributed by atoms with Crippen molar-refractivity contribution in [3.8, 4) is 0 Å². The Hall–Kier alpha value is -1.88. The van der Waals surface area contributed by atoms with Gasteiger partial charge in [-0.05, 0) is 81.4 Å². The van der Waals surface area contributed by atoms with Crippen LogP contribution in [-0.2, 0) is 27.9 Å². The smallest absolute Gasteiger partial charge is 0.262 e. The minimum absolute atomic E-state index is 0.00818. The molecule has 2 saturated carbocycles. The summed E-state index contributed by atoms with van der Waals surface area (Å²) in [4.78, 5) is 20.9. The van der Waals surface area contributed by atoms with Crippen molar-refractivity contribution in [2.45, 2.75) is 95.7 Å². The fourth-order valence-electron chi connectivity index (χ4n) is 6.69. The zero-order chi connectivity index (χ0) is 21.8. The molecule has 0 bridgehead atoms. The van der Waals surface area contributed by atoms with Crippen LogP contribution in [0.25, 0.3) is 0 Å². The van der Waals surface area contributed by atoms with Crippen LogP contribution in [0.5, 0.6) is 0 Å². The van der Waals surface area contributed by atoms with Crippen molar-refractivity contribution in [1.82, 2.24) is 4.90 Å². The third-order valence-electron chi connectivity index (χ3n) is 8.72. The van der Waals surface area contributed by atoms with Crippen LogP contribution in [0.3, 0.4) is 0 Å². The van der Waals surface area contributed by atoms with Crippen LogP contribution in [0, 0.1) is 11.3 Å².